The Morgan fingerprint density at radius 2 is 1.76 bits per heavy atom. The number of rotatable bonds is 7. The SMILES string of the molecule is COc1cccc2c1C(=O)c1c(O)c3c(c(O)c1C2=O)C[C@@](O)(C(=O)C[Se]c1ccccc1)CC3OC1CC(N)C(O)C(C)O1. The second kappa shape index (κ2) is 12.0. The van der Waals surface area contributed by atoms with Gasteiger partial charge in [-0.1, -0.05) is 0 Å². The Balaban J connectivity index is 1.45. The number of carbonyl (C=O) groups excluding carboxylic acids is 3. The van der Waals surface area contributed by atoms with E-state index in [4.69, 9.17) is 19.9 Å². The molecule has 1 fully saturated rings. The fraction of sp³-hybridized carbons (Fsp3) is 0.364. The van der Waals surface area contributed by atoms with E-state index in [1.54, 1.807) is 6.92 Å². The molecule has 236 valence electrons. The number of fused-ring (bicyclic) bond motifs is 3. The molecule has 0 radical (unpaired) electrons. The van der Waals surface area contributed by atoms with Gasteiger partial charge in [-0.2, -0.15) is 0 Å². The molecule has 1 saturated heterocycles. The number of aliphatic hydroxyl groups is 2. The van der Waals surface area contributed by atoms with E-state index in [1.807, 2.05) is 30.3 Å². The fourth-order valence-corrected chi connectivity index (χ4v) is 8.32. The van der Waals surface area contributed by atoms with Crippen LogP contribution in [0.25, 0.3) is 0 Å². The van der Waals surface area contributed by atoms with Crippen LogP contribution in [0.2, 0.25) is 5.32 Å². The molecule has 12 heteroatoms. The summed E-state index contributed by atoms with van der Waals surface area (Å²) in [4.78, 5) is 41.3. The first-order chi connectivity index (χ1) is 21.4. The van der Waals surface area contributed by atoms with Crippen LogP contribution in [0, 0.1) is 0 Å². The third kappa shape index (κ3) is 5.36. The Hall–Kier alpha value is -3.61. The van der Waals surface area contributed by atoms with Crippen molar-refractivity contribution >= 4 is 36.8 Å². The van der Waals surface area contributed by atoms with Gasteiger partial charge in [0.2, 0.25) is 0 Å². The molecular weight excluding hydrogens is 649 g/mol. The molecule has 5 unspecified atom stereocenters. The van der Waals surface area contributed by atoms with Gasteiger partial charge in [0.1, 0.15) is 0 Å². The van der Waals surface area contributed by atoms with Crippen molar-refractivity contribution in [3.63, 3.8) is 0 Å². The van der Waals surface area contributed by atoms with Crippen LogP contribution >= 0.6 is 0 Å². The topological polar surface area (TPSA) is 186 Å². The third-order valence-electron chi connectivity index (χ3n) is 8.77. The first kappa shape index (κ1) is 31.4. The van der Waals surface area contributed by atoms with Gasteiger partial charge in [0, 0.05) is 0 Å². The Morgan fingerprint density at radius 1 is 1.04 bits per heavy atom. The van der Waals surface area contributed by atoms with E-state index in [9.17, 15) is 34.8 Å². The predicted molar refractivity (Wildman–Crippen MR) is 161 cm³/mol. The normalized spacial score (nSPS) is 27.4. The van der Waals surface area contributed by atoms with Crippen LogP contribution in [0.15, 0.2) is 48.5 Å². The van der Waals surface area contributed by atoms with E-state index in [2.05, 4.69) is 0 Å². The summed E-state index contributed by atoms with van der Waals surface area (Å²) in [7, 11) is 1.35. The second-order valence-corrected chi connectivity index (χ2v) is 13.8. The van der Waals surface area contributed by atoms with Gasteiger partial charge in [-0.05, 0) is 0 Å². The number of aliphatic hydroxyl groups excluding tert-OH is 1. The standard InChI is InChI=1S/C33H33NO10Se/c1-15-28(36)19(34)11-23(43-15)44-21-13-33(41,22(35)14-45-16-7-4-3-5-8-16)12-18-25(21)32(40)27-26(30(18)38)29(37)17-9-6-10-20(42-2)24(17)31(27)39/h3-10,15,19,21,23,28,36,38,40-41H,11-14,34H2,1-2H3/t15?,19?,21?,23?,28?,33-/m0/s1. The zero-order valence-electron chi connectivity index (χ0n) is 24.6. The Kier molecular flexibility index (Phi) is 8.34. The Morgan fingerprint density at radius 3 is 2.44 bits per heavy atom. The first-order valence-corrected chi connectivity index (χ1v) is 16.6. The van der Waals surface area contributed by atoms with Crippen molar-refractivity contribution in [1.82, 2.24) is 0 Å². The third-order valence-corrected chi connectivity index (χ3v) is 10.9. The van der Waals surface area contributed by atoms with E-state index in [0.29, 0.717) is 0 Å². The number of aromatic hydroxyl groups is 2. The van der Waals surface area contributed by atoms with Gasteiger partial charge < -0.3 is 0 Å². The van der Waals surface area contributed by atoms with Gasteiger partial charge in [0.05, 0.1) is 7.11 Å². The van der Waals surface area contributed by atoms with Crippen molar-refractivity contribution in [2.75, 3.05) is 7.11 Å². The molecule has 6 N–H and O–H groups in total. The van der Waals surface area contributed by atoms with Crippen molar-refractivity contribution in [2.24, 2.45) is 5.73 Å². The van der Waals surface area contributed by atoms with Crippen LogP contribution in [0.3, 0.4) is 0 Å². The molecule has 0 saturated carbocycles. The number of methoxy groups -OCH3 is 1. The Bertz CT molecular complexity index is 1680. The minimum absolute atomic E-state index is 0.0147. The molecule has 3 aromatic carbocycles. The number of benzene rings is 3. The number of phenols is 2. The number of carbonyl (C=O) groups is 3. The van der Waals surface area contributed by atoms with Gasteiger partial charge in [0.25, 0.3) is 0 Å². The summed E-state index contributed by atoms with van der Waals surface area (Å²) < 4.78 is 18.4. The van der Waals surface area contributed by atoms with Crippen LogP contribution in [0.5, 0.6) is 17.2 Å². The molecule has 2 aliphatic carbocycles. The van der Waals surface area contributed by atoms with Crippen molar-refractivity contribution in [1.29, 1.82) is 0 Å². The zero-order chi connectivity index (χ0) is 32.2. The number of nitrogens with two attached hydrogens (primary N) is 1. The zero-order valence-corrected chi connectivity index (χ0v) is 26.3. The first-order valence-electron chi connectivity index (χ1n) is 14.5. The summed E-state index contributed by atoms with van der Waals surface area (Å²) in [6.07, 6.45) is -4.63. The van der Waals surface area contributed by atoms with Crippen LogP contribution in [0.4, 0.5) is 0 Å². The number of ketones is 3. The molecule has 1 heterocycles. The number of phenolic OH excluding ortho intramolecular Hbond substituents is 2. The molecule has 0 amide bonds. The molecule has 11 nitrogen and oxygen atoms in total. The van der Waals surface area contributed by atoms with Crippen LogP contribution in [-0.2, 0) is 20.7 Å². The predicted octanol–water partition coefficient (Wildman–Crippen LogP) is 1.46. The number of ether oxygens (including phenoxy) is 3. The minimum atomic E-state index is -2.04. The van der Waals surface area contributed by atoms with Gasteiger partial charge in [-0.3, -0.25) is 0 Å². The van der Waals surface area contributed by atoms with Crippen molar-refractivity contribution in [2.45, 2.75) is 67.8 Å². The molecule has 3 aliphatic rings. The fourth-order valence-electron chi connectivity index (χ4n) is 6.40. The van der Waals surface area contributed by atoms with Crippen LogP contribution in [-0.4, -0.2) is 90.0 Å². The summed E-state index contributed by atoms with van der Waals surface area (Å²) in [6.45, 7) is 1.62. The Labute approximate surface area is 265 Å². The maximum absolute atomic E-state index is 13.9. The van der Waals surface area contributed by atoms with E-state index in [-0.39, 0.29) is 61.1 Å². The average Bonchev–Trinajstić information content (AvgIpc) is 3.02. The second-order valence-electron chi connectivity index (χ2n) is 11.6. The molecule has 45 heavy (non-hydrogen) atoms. The number of hydrogen-bond donors (Lipinski definition) is 5. The maximum atomic E-state index is 13.9. The number of Topliss-reactive ketones (excluding diaryl/α,β-unsaturated/α-hetero) is 1. The quantitative estimate of drug-likeness (QED) is 0.140. The summed E-state index contributed by atoms with van der Waals surface area (Å²) in [5, 5.41) is 45.6. The van der Waals surface area contributed by atoms with Gasteiger partial charge in [0.15, 0.2) is 0 Å². The molecule has 0 bridgehead atoms. The molecule has 6 atom stereocenters. The van der Waals surface area contributed by atoms with E-state index in [0.717, 1.165) is 4.46 Å². The summed E-state index contributed by atoms with van der Waals surface area (Å²) in [5.74, 6) is -3.05. The molecule has 0 spiro atoms. The average molecular weight is 683 g/mol. The summed E-state index contributed by atoms with van der Waals surface area (Å²) in [6, 6.07) is 13.1. The van der Waals surface area contributed by atoms with Gasteiger partial charge >= 0.3 is 258 Å². The summed E-state index contributed by atoms with van der Waals surface area (Å²) in [5.41, 5.74) is 3.04. The molecular formula is C33H33NO10Se. The molecule has 0 aromatic heterocycles. The van der Waals surface area contributed by atoms with Crippen LogP contribution in [0.1, 0.15) is 68.8 Å². The van der Waals surface area contributed by atoms with Crippen LogP contribution < -0.4 is 14.9 Å². The summed E-state index contributed by atoms with van der Waals surface area (Å²) >= 11 is -0.305. The number of hydrogen-bond acceptors (Lipinski definition) is 11. The van der Waals surface area contributed by atoms with Gasteiger partial charge in [-0.25, -0.2) is 0 Å². The van der Waals surface area contributed by atoms with Crippen molar-refractivity contribution in [3.05, 3.63) is 81.9 Å². The van der Waals surface area contributed by atoms with E-state index in [1.165, 1.54) is 25.3 Å². The molecule has 1 aliphatic heterocycles. The van der Waals surface area contributed by atoms with Gasteiger partial charge in [-0.15, -0.1) is 0 Å². The monoisotopic (exact) mass is 683 g/mol. The van der Waals surface area contributed by atoms with Crippen molar-refractivity contribution < 1.29 is 49.0 Å². The van der Waals surface area contributed by atoms with Crippen molar-refractivity contribution in [3.8, 4) is 17.2 Å². The van der Waals surface area contributed by atoms with E-state index >= 15 is 0 Å². The van der Waals surface area contributed by atoms with E-state index < -0.39 is 82.6 Å². The molecule has 6 rings (SSSR count). The molecule has 3 aromatic rings.